The number of hydrogen-bond acceptors (Lipinski definition) is 8. The lowest BCUT2D eigenvalue weighted by Gasteiger charge is -2.12. The molecular formula is C21H16N6O4. The molecule has 0 spiro atoms. The predicted molar refractivity (Wildman–Crippen MR) is 107 cm³/mol. The number of fused-ring (bicyclic) bond motifs is 1. The predicted octanol–water partition coefficient (Wildman–Crippen LogP) is 2.72. The van der Waals surface area contributed by atoms with Crippen LogP contribution in [0.15, 0.2) is 59.4 Å². The van der Waals surface area contributed by atoms with Gasteiger partial charge in [0.25, 0.3) is 0 Å². The number of aromatic nitrogens is 5. The summed E-state index contributed by atoms with van der Waals surface area (Å²) in [6.07, 6.45) is 2.94. The van der Waals surface area contributed by atoms with E-state index in [-0.39, 0.29) is 12.7 Å². The average molecular weight is 416 g/mol. The minimum absolute atomic E-state index is 0.104. The van der Waals surface area contributed by atoms with Crippen LogP contribution in [-0.4, -0.2) is 38.1 Å². The minimum Gasteiger partial charge on any atom is -0.454 e. The molecule has 1 fully saturated rings. The number of rotatable bonds is 5. The van der Waals surface area contributed by atoms with Crippen molar-refractivity contribution in [3.8, 4) is 28.5 Å². The van der Waals surface area contributed by atoms with Gasteiger partial charge in [-0.3, -0.25) is 4.79 Å². The van der Waals surface area contributed by atoms with Crippen molar-refractivity contribution < 1.29 is 18.8 Å². The summed E-state index contributed by atoms with van der Waals surface area (Å²) >= 11 is 0. The molecule has 10 heteroatoms. The molecule has 0 unspecified atom stereocenters. The number of anilines is 1. The Morgan fingerprint density at radius 3 is 2.65 bits per heavy atom. The number of nitrogens with zero attached hydrogens (tertiary/aromatic N) is 5. The summed E-state index contributed by atoms with van der Waals surface area (Å²) in [5.41, 5.74) is 2.26. The third-order valence-corrected chi connectivity index (χ3v) is 5.58. The molecule has 1 aliphatic carbocycles. The fourth-order valence-electron chi connectivity index (χ4n) is 3.64. The van der Waals surface area contributed by atoms with Crippen LogP contribution in [-0.2, 0) is 10.2 Å². The number of hydrogen-bond donors (Lipinski definition) is 1. The van der Waals surface area contributed by atoms with E-state index >= 15 is 0 Å². The van der Waals surface area contributed by atoms with Gasteiger partial charge in [-0.25, -0.2) is 4.68 Å². The number of benzene rings is 2. The zero-order valence-electron chi connectivity index (χ0n) is 16.2. The Morgan fingerprint density at radius 1 is 1.03 bits per heavy atom. The molecule has 1 N–H and O–H groups in total. The highest BCUT2D eigenvalue weighted by Gasteiger charge is 2.53. The zero-order valence-corrected chi connectivity index (χ0v) is 16.2. The molecule has 2 aromatic heterocycles. The van der Waals surface area contributed by atoms with Crippen molar-refractivity contribution in [3.63, 3.8) is 0 Å². The van der Waals surface area contributed by atoms with E-state index in [0.717, 1.165) is 11.3 Å². The van der Waals surface area contributed by atoms with Crippen LogP contribution in [0.2, 0.25) is 0 Å². The lowest BCUT2D eigenvalue weighted by molar-refractivity contribution is -0.118. The number of ether oxygens (including phenoxy) is 2. The average Bonchev–Trinajstić information content (AvgIpc) is 3.23. The fourth-order valence-corrected chi connectivity index (χ4v) is 3.64. The number of nitrogens with one attached hydrogen (secondary N) is 1. The van der Waals surface area contributed by atoms with Crippen LogP contribution >= 0.6 is 0 Å². The first-order valence-electron chi connectivity index (χ1n) is 9.73. The first-order chi connectivity index (χ1) is 15.2. The molecular weight excluding hydrogens is 400 g/mol. The second-order valence-electron chi connectivity index (χ2n) is 7.48. The maximum Gasteiger partial charge on any atom is 0.236 e. The summed E-state index contributed by atoms with van der Waals surface area (Å²) in [5, 5.41) is 18.3. The van der Waals surface area contributed by atoms with Crippen molar-refractivity contribution in [2.24, 2.45) is 0 Å². The normalized spacial score (nSPS) is 15.6. The van der Waals surface area contributed by atoms with Gasteiger partial charge >= 0.3 is 0 Å². The van der Waals surface area contributed by atoms with Crippen molar-refractivity contribution in [2.75, 3.05) is 12.1 Å². The van der Waals surface area contributed by atoms with Crippen LogP contribution in [0, 0.1) is 0 Å². The van der Waals surface area contributed by atoms with E-state index in [1.807, 2.05) is 48.5 Å². The fraction of sp³-hybridized carbons (Fsp3) is 0.190. The van der Waals surface area contributed by atoms with Crippen LogP contribution in [0.1, 0.15) is 18.5 Å². The van der Waals surface area contributed by atoms with E-state index in [1.165, 1.54) is 6.33 Å². The molecule has 2 aliphatic rings. The number of carbonyl (C=O) groups is 1. The van der Waals surface area contributed by atoms with Gasteiger partial charge < -0.3 is 19.3 Å². The molecule has 3 heterocycles. The molecule has 6 rings (SSSR count). The van der Waals surface area contributed by atoms with Gasteiger partial charge in [0.1, 0.15) is 6.33 Å². The lowest BCUT2D eigenvalue weighted by Crippen LogP contribution is -2.28. The van der Waals surface area contributed by atoms with Crippen LogP contribution in [0.4, 0.5) is 5.69 Å². The third kappa shape index (κ3) is 3.00. The van der Waals surface area contributed by atoms with Gasteiger partial charge in [0.15, 0.2) is 17.3 Å². The Labute approximate surface area is 175 Å². The topological polar surface area (TPSA) is 117 Å². The Balaban J connectivity index is 1.20. The first-order valence-corrected chi connectivity index (χ1v) is 9.73. The highest BCUT2D eigenvalue weighted by atomic mass is 16.7. The van der Waals surface area contributed by atoms with Gasteiger partial charge in [0.05, 0.1) is 16.8 Å². The van der Waals surface area contributed by atoms with Crippen molar-refractivity contribution in [1.82, 2.24) is 25.4 Å². The van der Waals surface area contributed by atoms with Gasteiger partial charge in [-0.15, -0.1) is 5.10 Å². The standard InChI is InChI=1S/C21H16N6O4/c28-20(23-14-2-4-15(5-3-14)27-11-22-25-26-27)21(7-8-21)19-10-17(31-24-19)13-1-6-16-18(9-13)30-12-29-16/h1-6,9-11H,7-8,12H2,(H,23,28). The summed E-state index contributed by atoms with van der Waals surface area (Å²) in [5.74, 6) is 1.85. The largest absolute Gasteiger partial charge is 0.454 e. The number of amides is 1. The van der Waals surface area contributed by atoms with E-state index in [2.05, 4.69) is 26.0 Å². The molecule has 1 saturated carbocycles. The van der Waals surface area contributed by atoms with Gasteiger partial charge in [-0.05, 0) is 65.7 Å². The summed E-state index contributed by atoms with van der Waals surface area (Å²) in [7, 11) is 0. The van der Waals surface area contributed by atoms with E-state index in [0.29, 0.717) is 41.5 Å². The maximum absolute atomic E-state index is 13.0. The Kier molecular flexibility index (Phi) is 3.79. The first kappa shape index (κ1) is 17.6. The third-order valence-electron chi connectivity index (χ3n) is 5.58. The second-order valence-corrected chi connectivity index (χ2v) is 7.48. The van der Waals surface area contributed by atoms with Gasteiger partial charge in [0, 0.05) is 17.3 Å². The molecule has 2 aromatic carbocycles. The molecule has 0 radical (unpaired) electrons. The molecule has 1 amide bonds. The van der Waals surface area contributed by atoms with Crippen molar-refractivity contribution in [1.29, 1.82) is 0 Å². The van der Waals surface area contributed by atoms with E-state index in [9.17, 15) is 4.79 Å². The van der Waals surface area contributed by atoms with Crippen LogP contribution in [0.3, 0.4) is 0 Å². The summed E-state index contributed by atoms with van der Waals surface area (Å²) in [4.78, 5) is 13.0. The Morgan fingerprint density at radius 2 is 1.87 bits per heavy atom. The Hall–Kier alpha value is -4.21. The SMILES string of the molecule is O=C(Nc1ccc(-n2cnnn2)cc1)C1(c2cc(-c3ccc4c(c3)OCO4)on2)CC1. The molecule has 1 aliphatic heterocycles. The summed E-state index contributed by atoms with van der Waals surface area (Å²) < 4.78 is 17.9. The van der Waals surface area contributed by atoms with E-state index < -0.39 is 5.41 Å². The zero-order chi connectivity index (χ0) is 20.8. The van der Waals surface area contributed by atoms with Crippen LogP contribution in [0.5, 0.6) is 11.5 Å². The molecule has 0 bridgehead atoms. The highest BCUT2D eigenvalue weighted by molar-refractivity contribution is 6.01. The maximum atomic E-state index is 13.0. The monoisotopic (exact) mass is 416 g/mol. The molecule has 0 saturated heterocycles. The van der Waals surface area contributed by atoms with Gasteiger partial charge in [-0.2, -0.15) is 0 Å². The smallest absolute Gasteiger partial charge is 0.236 e. The van der Waals surface area contributed by atoms with E-state index in [1.54, 1.807) is 4.68 Å². The second kappa shape index (κ2) is 6.66. The van der Waals surface area contributed by atoms with Crippen molar-refractivity contribution >= 4 is 11.6 Å². The van der Waals surface area contributed by atoms with Crippen LogP contribution in [0.25, 0.3) is 17.0 Å². The molecule has 0 atom stereocenters. The summed E-state index contributed by atoms with van der Waals surface area (Å²) in [6, 6.07) is 14.7. The number of tetrazole rings is 1. The lowest BCUT2D eigenvalue weighted by atomic mass is 10.00. The molecule has 154 valence electrons. The quantitative estimate of drug-likeness (QED) is 0.528. The molecule has 31 heavy (non-hydrogen) atoms. The molecule has 10 nitrogen and oxygen atoms in total. The van der Waals surface area contributed by atoms with Gasteiger partial charge in [-0.1, -0.05) is 5.16 Å². The highest BCUT2D eigenvalue weighted by Crippen LogP contribution is 2.49. The van der Waals surface area contributed by atoms with Crippen molar-refractivity contribution in [3.05, 3.63) is 60.6 Å². The van der Waals surface area contributed by atoms with Gasteiger partial charge in [0.2, 0.25) is 12.7 Å². The van der Waals surface area contributed by atoms with Crippen molar-refractivity contribution in [2.45, 2.75) is 18.3 Å². The number of carbonyl (C=O) groups excluding carboxylic acids is 1. The summed E-state index contributed by atoms with van der Waals surface area (Å²) in [6.45, 7) is 0.209. The van der Waals surface area contributed by atoms with E-state index in [4.69, 9.17) is 14.0 Å². The Bertz CT molecular complexity index is 1260. The minimum atomic E-state index is -0.674. The van der Waals surface area contributed by atoms with Crippen LogP contribution < -0.4 is 14.8 Å². The molecule has 4 aromatic rings.